The Labute approximate surface area is 99.8 Å². The lowest BCUT2D eigenvalue weighted by Gasteiger charge is -2.03. The zero-order chi connectivity index (χ0) is 10.6. The summed E-state index contributed by atoms with van der Waals surface area (Å²) in [5, 5.41) is 0.486. The summed E-state index contributed by atoms with van der Waals surface area (Å²) < 4.78 is 28.4. The van der Waals surface area contributed by atoms with Crippen molar-refractivity contribution in [1.29, 1.82) is 0 Å². The van der Waals surface area contributed by atoms with Gasteiger partial charge in [-0.15, -0.1) is 0 Å². The topological polar surface area (TPSA) is 43.4 Å². The molecule has 0 heterocycles. The first-order valence-corrected chi connectivity index (χ1v) is 7.09. The molecule has 1 rings (SSSR count). The van der Waals surface area contributed by atoms with Gasteiger partial charge in [0.2, 0.25) is 0 Å². The monoisotopic (exact) mass is 342 g/mol. The molecule has 3 nitrogen and oxygen atoms in total. The Morgan fingerprint density at radius 2 is 2.07 bits per heavy atom. The van der Waals surface area contributed by atoms with Crippen LogP contribution in [-0.2, 0) is 14.3 Å². The maximum atomic E-state index is 11.5. The molecule has 0 fully saturated rings. The van der Waals surface area contributed by atoms with Crippen LogP contribution in [0.1, 0.15) is 0 Å². The van der Waals surface area contributed by atoms with E-state index in [0.717, 1.165) is 0 Å². The van der Waals surface area contributed by atoms with E-state index < -0.39 is 10.1 Å². The Bertz CT molecular complexity index is 403. The van der Waals surface area contributed by atoms with E-state index in [1.54, 1.807) is 12.1 Å². The van der Waals surface area contributed by atoms with Gasteiger partial charge in [0.1, 0.15) is 0 Å². The van der Waals surface area contributed by atoms with E-state index in [0.29, 0.717) is 9.80 Å². The minimum atomic E-state index is -3.60. The molecular weight excluding hydrogens is 336 g/mol. The predicted molar refractivity (Wildman–Crippen MR) is 61.1 cm³/mol. The Hall–Kier alpha value is 0.0900. The zero-order valence-electron chi connectivity index (χ0n) is 7.11. The average molecular weight is 344 g/mol. The molecule has 0 bridgehead atoms. The molecule has 78 valence electrons. The van der Waals surface area contributed by atoms with E-state index in [-0.39, 0.29) is 11.5 Å². The molecule has 0 radical (unpaired) electrons. The molecule has 0 saturated heterocycles. The lowest BCUT2D eigenvalue weighted by Crippen LogP contribution is -2.08. The summed E-state index contributed by atoms with van der Waals surface area (Å²) >= 11 is 6.28. The van der Waals surface area contributed by atoms with Crippen LogP contribution in [0.15, 0.2) is 33.6 Å². The molecule has 0 unspecified atom stereocenters. The van der Waals surface area contributed by atoms with E-state index in [2.05, 4.69) is 31.9 Å². The van der Waals surface area contributed by atoms with Crippen molar-refractivity contribution in [2.45, 2.75) is 4.90 Å². The SMILES string of the molecule is O=S(=O)(OCCBr)c1cccc(Br)c1. The summed E-state index contributed by atoms with van der Waals surface area (Å²) in [6, 6.07) is 6.40. The summed E-state index contributed by atoms with van der Waals surface area (Å²) in [5.41, 5.74) is 0. The van der Waals surface area contributed by atoms with Crippen LogP contribution >= 0.6 is 31.9 Å². The van der Waals surface area contributed by atoms with Crippen molar-refractivity contribution in [2.75, 3.05) is 11.9 Å². The summed E-state index contributed by atoms with van der Waals surface area (Å²) in [7, 11) is -3.60. The van der Waals surface area contributed by atoms with Crippen LogP contribution in [0.25, 0.3) is 0 Å². The van der Waals surface area contributed by atoms with Gasteiger partial charge in [0, 0.05) is 9.80 Å². The Morgan fingerprint density at radius 3 is 2.64 bits per heavy atom. The highest BCUT2D eigenvalue weighted by atomic mass is 79.9. The van der Waals surface area contributed by atoms with Crippen LogP contribution in [0.4, 0.5) is 0 Å². The largest absolute Gasteiger partial charge is 0.297 e. The van der Waals surface area contributed by atoms with E-state index >= 15 is 0 Å². The average Bonchev–Trinajstić information content (AvgIpc) is 2.15. The van der Waals surface area contributed by atoms with Gasteiger partial charge in [0.15, 0.2) is 0 Å². The van der Waals surface area contributed by atoms with Crippen LogP contribution in [0, 0.1) is 0 Å². The molecular formula is C8H8Br2O3S. The number of alkyl halides is 1. The van der Waals surface area contributed by atoms with Crippen LogP contribution in [0.2, 0.25) is 0 Å². The van der Waals surface area contributed by atoms with Crippen molar-refractivity contribution in [3.05, 3.63) is 28.7 Å². The number of rotatable bonds is 4. The van der Waals surface area contributed by atoms with Gasteiger partial charge in [-0.05, 0) is 18.2 Å². The number of hydrogen-bond donors (Lipinski definition) is 0. The second kappa shape index (κ2) is 5.25. The minimum Gasteiger partial charge on any atom is -0.265 e. The number of halogens is 2. The summed E-state index contributed by atoms with van der Waals surface area (Å²) in [6.07, 6.45) is 0. The van der Waals surface area contributed by atoms with Crippen LogP contribution in [0.3, 0.4) is 0 Å². The van der Waals surface area contributed by atoms with Crippen molar-refractivity contribution < 1.29 is 12.6 Å². The van der Waals surface area contributed by atoms with E-state index in [1.807, 2.05) is 0 Å². The Balaban J connectivity index is 2.93. The first-order chi connectivity index (χ1) is 6.56. The fraction of sp³-hybridized carbons (Fsp3) is 0.250. The standard InChI is InChI=1S/C8H8Br2O3S/c9-4-5-13-14(11,12)8-3-1-2-7(10)6-8/h1-3,6H,4-5H2. The highest BCUT2D eigenvalue weighted by Gasteiger charge is 2.14. The normalized spacial score (nSPS) is 11.6. The highest BCUT2D eigenvalue weighted by molar-refractivity contribution is 9.10. The van der Waals surface area contributed by atoms with Gasteiger partial charge in [0.05, 0.1) is 11.5 Å². The molecule has 14 heavy (non-hydrogen) atoms. The number of benzene rings is 1. The number of hydrogen-bond acceptors (Lipinski definition) is 3. The van der Waals surface area contributed by atoms with Crippen LogP contribution < -0.4 is 0 Å². The molecule has 0 spiro atoms. The van der Waals surface area contributed by atoms with Crippen molar-refractivity contribution in [3.8, 4) is 0 Å². The molecule has 0 aliphatic rings. The molecule has 1 aromatic rings. The van der Waals surface area contributed by atoms with Gasteiger partial charge in [-0.25, -0.2) is 0 Å². The van der Waals surface area contributed by atoms with Crippen LogP contribution in [0.5, 0.6) is 0 Å². The molecule has 0 aliphatic heterocycles. The van der Waals surface area contributed by atoms with Gasteiger partial charge < -0.3 is 0 Å². The molecule has 1 aromatic carbocycles. The van der Waals surface area contributed by atoms with Crippen molar-refractivity contribution in [3.63, 3.8) is 0 Å². The van der Waals surface area contributed by atoms with Gasteiger partial charge in [0.25, 0.3) is 10.1 Å². The molecule has 0 aromatic heterocycles. The fourth-order valence-corrected chi connectivity index (χ4v) is 2.71. The molecule has 0 amide bonds. The molecule has 6 heteroatoms. The maximum Gasteiger partial charge on any atom is 0.297 e. The predicted octanol–water partition coefficient (Wildman–Crippen LogP) is 2.55. The van der Waals surface area contributed by atoms with Gasteiger partial charge in [-0.2, -0.15) is 8.42 Å². The molecule has 0 saturated carbocycles. The molecule has 0 atom stereocenters. The third-order valence-corrected chi connectivity index (χ3v) is 3.53. The summed E-state index contributed by atoms with van der Waals surface area (Å²) in [5.74, 6) is 0. The first-order valence-electron chi connectivity index (χ1n) is 3.77. The quantitative estimate of drug-likeness (QED) is 0.623. The zero-order valence-corrected chi connectivity index (χ0v) is 11.1. The fourth-order valence-electron chi connectivity index (χ4n) is 0.832. The van der Waals surface area contributed by atoms with Crippen molar-refractivity contribution in [1.82, 2.24) is 0 Å². The first kappa shape index (κ1) is 12.2. The van der Waals surface area contributed by atoms with E-state index in [1.165, 1.54) is 12.1 Å². The van der Waals surface area contributed by atoms with Crippen molar-refractivity contribution in [2.24, 2.45) is 0 Å². The summed E-state index contributed by atoms with van der Waals surface area (Å²) in [6.45, 7) is 0.134. The Morgan fingerprint density at radius 1 is 1.36 bits per heavy atom. The molecule has 0 N–H and O–H groups in total. The third kappa shape index (κ3) is 3.34. The van der Waals surface area contributed by atoms with Gasteiger partial charge in [-0.3, -0.25) is 4.18 Å². The minimum absolute atomic E-state index is 0.134. The Kier molecular flexibility index (Phi) is 4.56. The van der Waals surface area contributed by atoms with Crippen LogP contribution in [-0.4, -0.2) is 20.4 Å². The second-order valence-electron chi connectivity index (χ2n) is 2.42. The van der Waals surface area contributed by atoms with E-state index in [9.17, 15) is 8.42 Å². The third-order valence-electron chi connectivity index (χ3n) is 1.40. The highest BCUT2D eigenvalue weighted by Crippen LogP contribution is 2.17. The summed E-state index contributed by atoms with van der Waals surface area (Å²) in [4.78, 5) is 0.160. The maximum absolute atomic E-state index is 11.5. The second-order valence-corrected chi connectivity index (χ2v) is 5.75. The van der Waals surface area contributed by atoms with E-state index in [4.69, 9.17) is 4.18 Å². The smallest absolute Gasteiger partial charge is 0.265 e. The molecule has 0 aliphatic carbocycles. The van der Waals surface area contributed by atoms with Gasteiger partial charge >= 0.3 is 0 Å². The van der Waals surface area contributed by atoms with Crippen molar-refractivity contribution >= 4 is 42.0 Å². The lowest BCUT2D eigenvalue weighted by molar-refractivity contribution is 0.342. The lowest BCUT2D eigenvalue weighted by atomic mass is 10.4. The van der Waals surface area contributed by atoms with Gasteiger partial charge in [-0.1, -0.05) is 37.9 Å².